The Hall–Kier alpha value is -1.23. The number of hydrogen-bond donors (Lipinski definition) is 1. The summed E-state index contributed by atoms with van der Waals surface area (Å²) in [5.74, 6) is 0.380. The van der Waals surface area contributed by atoms with E-state index in [0.29, 0.717) is 0 Å². The van der Waals surface area contributed by atoms with Crippen molar-refractivity contribution in [3.63, 3.8) is 0 Å². The van der Waals surface area contributed by atoms with Crippen LogP contribution in [0.3, 0.4) is 0 Å². The largest absolute Gasteiger partial charge is 0.380 e. The van der Waals surface area contributed by atoms with E-state index < -0.39 is 9.84 Å². The van der Waals surface area contributed by atoms with Gasteiger partial charge >= 0.3 is 0 Å². The second kappa shape index (κ2) is 6.48. The van der Waals surface area contributed by atoms with Gasteiger partial charge in [-0.1, -0.05) is 19.1 Å². The van der Waals surface area contributed by atoms with E-state index in [4.69, 9.17) is 0 Å². The van der Waals surface area contributed by atoms with Gasteiger partial charge in [0.15, 0.2) is 9.84 Å². The molecule has 0 bridgehead atoms. The second-order valence-corrected chi connectivity index (χ2v) is 7.85. The smallest absolute Gasteiger partial charge is 0.152 e. The number of benzene rings is 1. The van der Waals surface area contributed by atoms with Crippen molar-refractivity contribution in [3.8, 4) is 0 Å². The Kier molecular flexibility index (Phi) is 4.91. The van der Waals surface area contributed by atoms with Gasteiger partial charge in [-0.3, -0.25) is 0 Å². The average molecular weight is 296 g/mol. The molecule has 0 saturated carbocycles. The van der Waals surface area contributed by atoms with Gasteiger partial charge in [0.05, 0.1) is 17.1 Å². The Morgan fingerprint density at radius 1 is 1.25 bits per heavy atom. The number of nitrogens with zero attached hydrogens (tertiary/aromatic N) is 1. The van der Waals surface area contributed by atoms with E-state index in [-0.39, 0.29) is 17.5 Å². The van der Waals surface area contributed by atoms with Gasteiger partial charge in [-0.25, -0.2) is 8.42 Å². The van der Waals surface area contributed by atoms with Crippen molar-refractivity contribution >= 4 is 21.2 Å². The van der Waals surface area contributed by atoms with Crippen molar-refractivity contribution in [2.24, 2.45) is 0 Å². The average Bonchev–Trinajstić information content (AvgIpc) is 2.92. The molecule has 1 fully saturated rings. The van der Waals surface area contributed by atoms with E-state index in [9.17, 15) is 8.42 Å². The lowest BCUT2D eigenvalue weighted by atomic mass is 10.2. The molecule has 4 nitrogen and oxygen atoms in total. The van der Waals surface area contributed by atoms with Crippen LogP contribution >= 0.6 is 0 Å². The molecule has 5 heteroatoms. The molecule has 1 atom stereocenters. The van der Waals surface area contributed by atoms with E-state index in [1.54, 1.807) is 6.92 Å². The van der Waals surface area contributed by atoms with Crippen LogP contribution < -0.4 is 10.2 Å². The van der Waals surface area contributed by atoms with Crippen molar-refractivity contribution in [2.75, 3.05) is 34.8 Å². The molecule has 1 unspecified atom stereocenters. The Morgan fingerprint density at radius 2 is 1.90 bits per heavy atom. The highest BCUT2D eigenvalue weighted by Crippen LogP contribution is 2.29. The van der Waals surface area contributed by atoms with Crippen molar-refractivity contribution < 1.29 is 8.42 Å². The summed E-state index contributed by atoms with van der Waals surface area (Å²) in [4.78, 5) is 2.36. The van der Waals surface area contributed by atoms with Gasteiger partial charge in [0.25, 0.3) is 0 Å². The number of rotatable bonds is 6. The molecular weight excluding hydrogens is 272 g/mol. The summed E-state index contributed by atoms with van der Waals surface area (Å²) in [6.45, 7) is 5.79. The van der Waals surface area contributed by atoms with Crippen LogP contribution in [0.4, 0.5) is 11.4 Å². The van der Waals surface area contributed by atoms with Gasteiger partial charge in [0.1, 0.15) is 0 Å². The van der Waals surface area contributed by atoms with Crippen LogP contribution in [0, 0.1) is 0 Å². The molecule has 0 radical (unpaired) electrons. The predicted molar refractivity (Wildman–Crippen MR) is 85.3 cm³/mol. The van der Waals surface area contributed by atoms with Crippen LogP contribution in [0.1, 0.15) is 26.7 Å². The summed E-state index contributed by atoms with van der Waals surface area (Å²) in [5, 5.41) is 3.36. The first-order valence-electron chi connectivity index (χ1n) is 7.33. The van der Waals surface area contributed by atoms with E-state index in [0.717, 1.165) is 18.8 Å². The van der Waals surface area contributed by atoms with Crippen LogP contribution in [0.25, 0.3) is 0 Å². The number of para-hydroxylation sites is 2. The molecule has 1 aromatic rings. The van der Waals surface area contributed by atoms with Gasteiger partial charge < -0.3 is 10.2 Å². The lowest BCUT2D eigenvalue weighted by molar-refractivity contribution is 0.593. The van der Waals surface area contributed by atoms with Crippen molar-refractivity contribution in [3.05, 3.63) is 24.3 Å². The van der Waals surface area contributed by atoms with Crippen LogP contribution in [-0.4, -0.2) is 39.1 Å². The maximum atomic E-state index is 11.7. The zero-order chi connectivity index (χ0) is 14.6. The minimum Gasteiger partial charge on any atom is -0.380 e. The molecule has 0 aliphatic carbocycles. The third-order valence-electron chi connectivity index (χ3n) is 3.70. The molecule has 1 saturated heterocycles. The molecule has 112 valence electrons. The standard InChI is InChI=1S/C15H24N2O2S/c1-3-20(18,19)12-13(2)16-14-8-4-5-9-15(14)17-10-6-7-11-17/h4-5,8-9,13,16H,3,6-7,10-12H2,1-2H3. The van der Waals surface area contributed by atoms with Gasteiger partial charge in [-0.05, 0) is 31.9 Å². The minimum absolute atomic E-state index is 0.0799. The highest BCUT2D eigenvalue weighted by molar-refractivity contribution is 7.91. The maximum Gasteiger partial charge on any atom is 0.152 e. The fourth-order valence-corrected chi connectivity index (χ4v) is 3.72. The van der Waals surface area contributed by atoms with E-state index >= 15 is 0 Å². The molecule has 1 aliphatic heterocycles. The first-order valence-corrected chi connectivity index (χ1v) is 9.15. The Bertz CT molecular complexity index is 537. The zero-order valence-electron chi connectivity index (χ0n) is 12.3. The monoisotopic (exact) mass is 296 g/mol. The Balaban J connectivity index is 2.09. The summed E-state index contributed by atoms with van der Waals surface area (Å²) in [6, 6.07) is 8.08. The topological polar surface area (TPSA) is 49.4 Å². The molecule has 1 heterocycles. The molecule has 1 N–H and O–H groups in total. The highest BCUT2D eigenvalue weighted by atomic mass is 32.2. The normalized spacial score (nSPS) is 17.2. The third-order valence-corrected chi connectivity index (χ3v) is 5.58. The summed E-state index contributed by atoms with van der Waals surface area (Å²) < 4.78 is 23.4. The lowest BCUT2D eigenvalue weighted by Gasteiger charge is -2.24. The van der Waals surface area contributed by atoms with Crippen LogP contribution in [0.15, 0.2) is 24.3 Å². The molecule has 1 aliphatic rings. The molecule has 0 amide bonds. The molecule has 20 heavy (non-hydrogen) atoms. The van der Waals surface area contributed by atoms with E-state index in [1.807, 2.05) is 25.1 Å². The molecule has 1 aromatic carbocycles. The fourth-order valence-electron chi connectivity index (χ4n) is 2.64. The second-order valence-electron chi connectivity index (χ2n) is 5.46. The summed E-state index contributed by atoms with van der Waals surface area (Å²) in [5.41, 5.74) is 2.22. The van der Waals surface area contributed by atoms with Crippen LogP contribution in [-0.2, 0) is 9.84 Å². The molecule has 0 spiro atoms. The van der Waals surface area contributed by atoms with E-state index in [1.165, 1.54) is 18.5 Å². The Morgan fingerprint density at radius 3 is 2.55 bits per heavy atom. The first-order chi connectivity index (χ1) is 9.52. The van der Waals surface area contributed by atoms with Crippen LogP contribution in [0.5, 0.6) is 0 Å². The van der Waals surface area contributed by atoms with Crippen molar-refractivity contribution in [1.82, 2.24) is 0 Å². The Labute approximate surface area is 122 Å². The SMILES string of the molecule is CCS(=O)(=O)CC(C)Nc1ccccc1N1CCCC1. The van der Waals surface area contributed by atoms with Gasteiger partial charge in [-0.2, -0.15) is 0 Å². The quantitative estimate of drug-likeness (QED) is 0.876. The van der Waals surface area contributed by atoms with Gasteiger partial charge in [0.2, 0.25) is 0 Å². The molecular formula is C15H24N2O2S. The fraction of sp³-hybridized carbons (Fsp3) is 0.600. The highest BCUT2D eigenvalue weighted by Gasteiger charge is 2.18. The minimum atomic E-state index is -2.95. The van der Waals surface area contributed by atoms with Gasteiger partial charge in [0, 0.05) is 24.9 Å². The van der Waals surface area contributed by atoms with Crippen LogP contribution in [0.2, 0.25) is 0 Å². The van der Waals surface area contributed by atoms with Gasteiger partial charge in [-0.15, -0.1) is 0 Å². The number of sulfone groups is 1. The summed E-state index contributed by atoms with van der Waals surface area (Å²) in [6.07, 6.45) is 2.46. The number of anilines is 2. The molecule has 2 rings (SSSR count). The summed E-state index contributed by atoms with van der Waals surface area (Å²) >= 11 is 0. The van der Waals surface area contributed by atoms with E-state index in [2.05, 4.69) is 16.3 Å². The zero-order valence-corrected chi connectivity index (χ0v) is 13.1. The third kappa shape index (κ3) is 3.88. The summed E-state index contributed by atoms with van der Waals surface area (Å²) in [7, 11) is -2.95. The van der Waals surface area contributed by atoms with Crippen molar-refractivity contribution in [2.45, 2.75) is 32.7 Å². The first kappa shape index (κ1) is 15.2. The molecule has 0 aromatic heterocycles. The number of nitrogens with one attached hydrogen (secondary N) is 1. The predicted octanol–water partition coefficient (Wildman–Crippen LogP) is 2.52. The maximum absolute atomic E-state index is 11.7. The van der Waals surface area contributed by atoms with Crippen molar-refractivity contribution in [1.29, 1.82) is 0 Å². The number of hydrogen-bond acceptors (Lipinski definition) is 4. The lowest BCUT2D eigenvalue weighted by Crippen LogP contribution is -2.28.